The molecule has 2 unspecified atom stereocenters. The lowest BCUT2D eigenvalue weighted by atomic mass is 10.1. The highest BCUT2D eigenvalue weighted by molar-refractivity contribution is 5.70. The lowest BCUT2D eigenvalue weighted by molar-refractivity contribution is -0.889. The maximum absolute atomic E-state index is 12.7. The van der Waals surface area contributed by atoms with E-state index in [9.17, 15) is 19.5 Å². The molecule has 0 bridgehead atoms. The first-order valence-corrected chi connectivity index (χ1v) is 23.5. The number of unbranched alkanes of at least 4 members (excludes halogenated alkanes) is 15. The Bertz CT molecular complexity index is 1190. The van der Waals surface area contributed by atoms with E-state index in [0.29, 0.717) is 6.42 Å². The molecule has 0 aliphatic carbocycles. The molecule has 338 valence electrons. The van der Waals surface area contributed by atoms with E-state index in [1.807, 2.05) is 0 Å². The molecule has 8 heteroatoms. The molecule has 2 atom stereocenters. The fourth-order valence-electron chi connectivity index (χ4n) is 6.38. The maximum atomic E-state index is 12.7. The largest absolute Gasteiger partial charge is 0.544 e. The summed E-state index contributed by atoms with van der Waals surface area (Å²) >= 11 is 0. The van der Waals surface area contributed by atoms with E-state index in [1.165, 1.54) is 70.6 Å². The summed E-state index contributed by atoms with van der Waals surface area (Å²) < 4.78 is 17.1. The SMILES string of the molecule is CCCCC/C=C/C/C=C/C/C=C/C/C=C/C/C=C/CCCCC(=O)OCC(COCCC(C(=O)[O-])[N+](C)(C)C)OC(=O)CCCCC/C=C/CCCCCCCCC. The van der Waals surface area contributed by atoms with E-state index < -0.39 is 18.1 Å². The number of carbonyl (C=O) groups is 3. The van der Waals surface area contributed by atoms with Crippen LogP contribution in [0.15, 0.2) is 72.9 Å². The molecule has 8 nitrogen and oxygen atoms in total. The number of quaternary nitrogens is 1. The summed E-state index contributed by atoms with van der Waals surface area (Å²) in [5.74, 6) is -1.82. The Morgan fingerprint density at radius 1 is 0.508 bits per heavy atom. The van der Waals surface area contributed by atoms with Crippen LogP contribution in [0.5, 0.6) is 0 Å². The second-order valence-corrected chi connectivity index (χ2v) is 16.6. The molecule has 0 aromatic heterocycles. The van der Waals surface area contributed by atoms with Crippen LogP contribution in [0.1, 0.15) is 181 Å². The molecule has 0 N–H and O–H groups in total. The van der Waals surface area contributed by atoms with E-state index in [1.54, 1.807) is 21.1 Å². The number of hydrogen-bond donors (Lipinski definition) is 0. The van der Waals surface area contributed by atoms with Crippen molar-refractivity contribution in [2.24, 2.45) is 0 Å². The first-order valence-electron chi connectivity index (χ1n) is 23.5. The van der Waals surface area contributed by atoms with Crippen molar-refractivity contribution in [2.45, 2.75) is 193 Å². The van der Waals surface area contributed by atoms with Gasteiger partial charge in [-0.3, -0.25) is 9.59 Å². The number of nitrogens with zero attached hydrogens (tertiary/aromatic N) is 1. The summed E-state index contributed by atoms with van der Waals surface area (Å²) in [6.07, 6.45) is 52.1. The number of hydrogen-bond acceptors (Lipinski definition) is 7. The van der Waals surface area contributed by atoms with E-state index >= 15 is 0 Å². The molecule has 0 heterocycles. The zero-order valence-electron chi connectivity index (χ0n) is 38.4. The second-order valence-electron chi connectivity index (χ2n) is 16.6. The lowest BCUT2D eigenvalue weighted by Crippen LogP contribution is -2.55. The number of aliphatic carboxylic acids is 1. The molecule has 0 fully saturated rings. The average Bonchev–Trinajstić information content (AvgIpc) is 3.19. The van der Waals surface area contributed by atoms with Crippen LogP contribution in [-0.2, 0) is 28.6 Å². The van der Waals surface area contributed by atoms with Crippen molar-refractivity contribution < 1.29 is 38.2 Å². The fourth-order valence-corrected chi connectivity index (χ4v) is 6.38. The van der Waals surface area contributed by atoms with Crippen molar-refractivity contribution in [3.05, 3.63) is 72.9 Å². The molecule has 59 heavy (non-hydrogen) atoms. The van der Waals surface area contributed by atoms with Crippen LogP contribution < -0.4 is 5.11 Å². The minimum Gasteiger partial charge on any atom is -0.544 e. The van der Waals surface area contributed by atoms with Crippen molar-refractivity contribution in [1.29, 1.82) is 0 Å². The Morgan fingerprint density at radius 3 is 1.41 bits per heavy atom. The van der Waals surface area contributed by atoms with Gasteiger partial charge in [0, 0.05) is 19.3 Å². The van der Waals surface area contributed by atoms with Gasteiger partial charge in [-0.15, -0.1) is 0 Å². The third kappa shape index (κ3) is 40.0. The lowest BCUT2D eigenvalue weighted by Gasteiger charge is -2.34. The zero-order chi connectivity index (χ0) is 43.5. The van der Waals surface area contributed by atoms with Crippen LogP contribution in [0.25, 0.3) is 0 Å². The Morgan fingerprint density at radius 2 is 0.898 bits per heavy atom. The number of allylic oxidation sites excluding steroid dienone is 12. The summed E-state index contributed by atoms with van der Waals surface area (Å²) in [7, 11) is 5.38. The van der Waals surface area contributed by atoms with Crippen molar-refractivity contribution in [3.63, 3.8) is 0 Å². The van der Waals surface area contributed by atoms with Gasteiger partial charge in [-0.2, -0.15) is 0 Å². The predicted octanol–water partition coefficient (Wildman–Crippen LogP) is 11.8. The van der Waals surface area contributed by atoms with Gasteiger partial charge in [0.2, 0.25) is 0 Å². The van der Waals surface area contributed by atoms with Crippen LogP contribution in [0, 0.1) is 0 Å². The Balaban J connectivity index is 4.41. The number of likely N-dealkylation sites (N-methyl/N-ethyl adjacent to an activating group) is 1. The van der Waals surface area contributed by atoms with Gasteiger partial charge >= 0.3 is 11.9 Å². The minimum absolute atomic E-state index is 0.0176. The van der Waals surface area contributed by atoms with E-state index in [4.69, 9.17) is 14.2 Å². The topological polar surface area (TPSA) is 102 Å². The summed E-state index contributed by atoms with van der Waals surface area (Å²) in [6, 6.07) is -0.738. The van der Waals surface area contributed by atoms with Gasteiger partial charge in [0.1, 0.15) is 12.6 Å². The fraction of sp³-hybridized carbons (Fsp3) is 0.706. The van der Waals surface area contributed by atoms with E-state index in [0.717, 1.165) is 70.6 Å². The third-order valence-corrected chi connectivity index (χ3v) is 10.1. The molecule has 0 aliphatic heterocycles. The van der Waals surface area contributed by atoms with Gasteiger partial charge < -0.3 is 28.6 Å². The highest BCUT2D eigenvalue weighted by atomic mass is 16.6. The molecule has 0 rings (SSSR count). The molecular weight excluding hydrogens is 739 g/mol. The highest BCUT2D eigenvalue weighted by Crippen LogP contribution is 2.12. The minimum atomic E-state index is -1.14. The molecule has 0 saturated heterocycles. The normalized spacial score (nSPS) is 13.6. The Kier molecular flexibility index (Phi) is 39.2. The monoisotopic (exact) mass is 826 g/mol. The molecule has 0 amide bonds. The van der Waals surface area contributed by atoms with Gasteiger partial charge in [-0.1, -0.05) is 145 Å². The van der Waals surface area contributed by atoms with Crippen LogP contribution >= 0.6 is 0 Å². The smallest absolute Gasteiger partial charge is 0.306 e. The number of esters is 2. The summed E-state index contributed by atoms with van der Waals surface area (Å²) in [5.41, 5.74) is 0. The Hall–Kier alpha value is -3.23. The maximum Gasteiger partial charge on any atom is 0.306 e. The van der Waals surface area contributed by atoms with Crippen molar-refractivity contribution in [1.82, 2.24) is 0 Å². The first kappa shape index (κ1) is 55.8. The standard InChI is InChI=1S/C51H87NO7/c1-6-8-10-12-14-16-18-20-22-23-24-25-26-27-28-30-31-33-35-37-39-41-49(53)58-46-47(45-57-44-43-48(51(55)56)52(3,4)5)59-50(54)42-40-38-36-34-32-29-21-19-17-15-13-11-9-7-2/h14,16,20,22,24-25,27-29,31-33,47-48H,6-13,15,17-19,21,23,26,30,34-46H2,1-5H3/b16-14+,22-20+,25-24+,28-27+,32-29+,33-31+. The number of rotatable bonds is 41. The third-order valence-electron chi connectivity index (χ3n) is 10.1. The van der Waals surface area contributed by atoms with Gasteiger partial charge in [0.15, 0.2) is 6.10 Å². The summed E-state index contributed by atoms with van der Waals surface area (Å²) in [4.78, 5) is 36.9. The molecule has 0 spiro atoms. The average molecular weight is 826 g/mol. The number of carboxylic acids is 1. The van der Waals surface area contributed by atoms with Gasteiger partial charge in [-0.25, -0.2) is 0 Å². The zero-order valence-corrected chi connectivity index (χ0v) is 38.4. The second kappa shape index (κ2) is 41.5. The molecule has 0 saturated carbocycles. The molecule has 0 aliphatic rings. The van der Waals surface area contributed by atoms with E-state index in [2.05, 4.69) is 86.8 Å². The molecule has 0 aromatic rings. The van der Waals surface area contributed by atoms with Gasteiger partial charge in [0.05, 0.1) is 40.3 Å². The van der Waals surface area contributed by atoms with Gasteiger partial charge in [0.25, 0.3) is 0 Å². The Labute approximate surface area is 361 Å². The summed E-state index contributed by atoms with van der Waals surface area (Å²) in [6.45, 7) is 4.56. The number of carboxylic acid groups (broad SMARTS) is 1. The summed E-state index contributed by atoms with van der Waals surface area (Å²) in [5, 5.41) is 11.6. The van der Waals surface area contributed by atoms with Crippen molar-refractivity contribution >= 4 is 17.9 Å². The van der Waals surface area contributed by atoms with E-state index in [-0.39, 0.29) is 55.5 Å². The van der Waals surface area contributed by atoms with Crippen LogP contribution in [0.2, 0.25) is 0 Å². The highest BCUT2D eigenvalue weighted by Gasteiger charge is 2.25. The first-order chi connectivity index (χ1) is 28.6. The van der Waals surface area contributed by atoms with Gasteiger partial charge in [-0.05, 0) is 89.9 Å². The molecule has 0 radical (unpaired) electrons. The molecular formula is C51H87NO7. The van der Waals surface area contributed by atoms with Crippen LogP contribution in [-0.4, -0.2) is 75.5 Å². The van der Waals surface area contributed by atoms with Crippen LogP contribution in [0.3, 0.4) is 0 Å². The number of carbonyl (C=O) groups excluding carboxylic acids is 3. The number of ether oxygens (including phenoxy) is 3. The quantitative estimate of drug-likeness (QED) is 0.0262. The molecule has 0 aromatic carbocycles. The predicted molar refractivity (Wildman–Crippen MR) is 245 cm³/mol. The van der Waals surface area contributed by atoms with Crippen molar-refractivity contribution in [3.8, 4) is 0 Å². The van der Waals surface area contributed by atoms with Crippen molar-refractivity contribution in [2.75, 3.05) is 41.0 Å². The van der Waals surface area contributed by atoms with Crippen LogP contribution in [0.4, 0.5) is 0 Å².